The molecule has 0 aliphatic rings. The van der Waals surface area contributed by atoms with Gasteiger partial charge in [-0.2, -0.15) is 5.10 Å². The second-order valence-corrected chi connectivity index (χ2v) is 4.65. The molecule has 0 aliphatic carbocycles. The summed E-state index contributed by atoms with van der Waals surface area (Å²) in [4.78, 5) is 11.7. The highest BCUT2D eigenvalue weighted by Gasteiger charge is 2.05. The van der Waals surface area contributed by atoms with Crippen molar-refractivity contribution in [1.29, 1.82) is 0 Å². The summed E-state index contributed by atoms with van der Waals surface area (Å²) in [6, 6.07) is 15.0. The van der Waals surface area contributed by atoms with Gasteiger partial charge in [0.15, 0.2) is 18.1 Å². The zero-order chi connectivity index (χ0) is 15.8. The molecule has 0 aromatic heterocycles. The molecule has 114 valence electrons. The van der Waals surface area contributed by atoms with E-state index >= 15 is 0 Å². The molecule has 2 aromatic rings. The fourth-order valence-corrected chi connectivity index (χ4v) is 1.84. The van der Waals surface area contributed by atoms with Crippen molar-refractivity contribution in [3.05, 3.63) is 59.7 Å². The van der Waals surface area contributed by atoms with Crippen molar-refractivity contribution >= 4 is 12.1 Å². The Morgan fingerprint density at radius 2 is 1.95 bits per heavy atom. The molecule has 0 unspecified atom stereocenters. The number of carbonyl (C=O) groups is 1. The minimum atomic E-state index is -0.338. The molecule has 0 fully saturated rings. The molecule has 5 nitrogen and oxygen atoms in total. The van der Waals surface area contributed by atoms with Crippen molar-refractivity contribution < 1.29 is 14.3 Å². The third-order valence-electron chi connectivity index (χ3n) is 2.87. The molecule has 0 heterocycles. The number of rotatable bonds is 6. The van der Waals surface area contributed by atoms with Gasteiger partial charge < -0.3 is 9.47 Å². The summed E-state index contributed by atoms with van der Waals surface area (Å²) in [5.74, 6) is 0.760. The van der Waals surface area contributed by atoms with Gasteiger partial charge >= 0.3 is 0 Å². The van der Waals surface area contributed by atoms with Crippen LogP contribution in [0, 0.1) is 6.92 Å². The minimum absolute atomic E-state index is 0.133. The van der Waals surface area contributed by atoms with E-state index in [1.807, 2.05) is 43.3 Å². The monoisotopic (exact) mass is 298 g/mol. The number of aryl methyl sites for hydroxylation is 1. The zero-order valence-corrected chi connectivity index (χ0v) is 12.6. The number of ether oxygens (including phenoxy) is 2. The summed E-state index contributed by atoms with van der Waals surface area (Å²) in [6.45, 7) is 1.86. The Morgan fingerprint density at radius 1 is 1.18 bits per heavy atom. The van der Waals surface area contributed by atoms with Crippen molar-refractivity contribution in [2.75, 3.05) is 13.7 Å². The third-order valence-corrected chi connectivity index (χ3v) is 2.87. The molecule has 0 saturated carbocycles. The number of hydrazone groups is 1. The van der Waals surface area contributed by atoms with Crippen LogP contribution in [0.15, 0.2) is 53.6 Å². The van der Waals surface area contributed by atoms with E-state index in [1.165, 1.54) is 0 Å². The SMILES string of the molecule is COc1ccccc1OCC(=O)N/N=C/c1cccc(C)c1. The highest BCUT2D eigenvalue weighted by atomic mass is 16.5. The van der Waals surface area contributed by atoms with Gasteiger partial charge in [-0.25, -0.2) is 5.43 Å². The standard InChI is InChI=1S/C17H18N2O3/c1-13-6-5-7-14(10-13)11-18-19-17(20)12-22-16-9-4-3-8-15(16)21-2/h3-11H,12H2,1-2H3,(H,19,20)/b18-11+. The summed E-state index contributed by atoms with van der Waals surface area (Å²) >= 11 is 0. The van der Waals surface area contributed by atoms with Crippen LogP contribution in [0.4, 0.5) is 0 Å². The molecule has 0 radical (unpaired) electrons. The average Bonchev–Trinajstić information content (AvgIpc) is 2.53. The number of carbonyl (C=O) groups excluding carboxylic acids is 1. The number of amides is 1. The predicted octanol–water partition coefficient (Wildman–Crippen LogP) is 2.53. The van der Waals surface area contributed by atoms with Gasteiger partial charge in [0.05, 0.1) is 13.3 Å². The van der Waals surface area contributed by atoms with Crippen LogP contribution < -0.4 is 14.9 Å². The lowest BCUT2D eigenvalue weighted by Gasteiger charge is -2.09. The van der Waals surface area contributed by atoms with Gasteiger partial charge in [-0.3, -0.25) is 4.79 Å². The molecular weight excluding hydrogens is 280 g/mol. The molecule has 1 amide bonds. The first kappa shape index (κ1) is 15.6. The van der Waals surface area contributed by atoms with Gasteiger partial charge in [0, 0.05) is 0 Å². The summed E-state index contributed by atoms with van der Waals surface area (Å²) < 4.78 is 10.5. The van der Waals surface area contributed by atoms with Crippen LogP contribution in [0.5, 0.6) is 11.5 Å². The fourth-order valence-electron chi connectivity index (χ4n) is 1.84. The molecular formula is C17H18N2O3. The minimum Gasteiger partial charge on any atom is -0.493 e. The molecule has 5 heteroatoms. The Bertz CT molecular complexity index is 668. The Hall–Kier alpha value is -2.82. The quantitative estimate of drug-likeness (QED) is 0.658. The van der Waals surface area contributed by atoms with Crippen LogP contribution in [-0.2, 0) is 4.79 Å². The van der Waals surface area contributed by atoms with Gasteiger partial charge in [0.2, 0.25) is 0 Å². The van der Waals surface area contributed by atoms with Gasteiger partial charge in [-0.1, -0.05) is 42.0 Å². The summed E-state index contributed by atoms with van der Waals surface area (Å²) in [5.41, 5.74) is 4.48. The number of nitrogens with zero attached hydrogens (tertiary/aromatic N) is 1. The Morgan fingerprint density at radius 3 is 2.68 bits per heavy atom. The first-order chi connectivity index (χ1) is 10.7. The van der Waals surface area contributed by atoms with Crippen molar-refractivity contribution in [2.45, 2.75) is 6.92 Å². The molecule has 0 bridgehead atoms. The first-order valence-electron chi connectivity index (χ1n) is 6.83. The third kappa shape index (κ3) is 4.63. The first-order valence-corrected chi connectivity index (χ1v) is 6.83. The second-order valence-electron chi connectivity index (χ2n) is 4.65. The predicted molar refractivity (Wildman–Crippen MR) is 85.4 cm³/mol. The van der Waals surface area contributed by atoms with Crippen molar-refractivity contribution in [1.82, 2.24) is 5.43 Å². The molecule has 0 atom stereocenters. The Balaban J connectivity index is 1.83. The van der Waals surface area contributed by atoms with E-state index in [2.05, 4.69) is 10.5 Å². The molecule has 22 heavy (non-hydrogen) atoms. The van der Waals surface area contributed by atoms with Crippen LogP contribution in [-0.4, -0.2) is 25.8 Å². The maximum Gasteiger partial charge on any atom is 0.277 e. The number of hydrogen-bond acceptors (Lipinski definition) is 4. The lowest BCUT2D eigenvalue weighted by Crippen LogP contribution is -2.24. The van der Waals surface area contributed by atoms with E-state index in [-0.39, 0.29) is 12.5 Å². The lowest BCUT2D eigenvalue weighted by molar-refractivity contribution is -0.123. The van der Waals surface area contributed by atoms with Crippen LogP contribution in [0.25, 0.3) is 0 Å². The number of para-hydroxylation sites is 2. The Labute approximate surface area is 129 Å². The molecule has 0 spiro atoms. The van der Waals surface area contributed by atoms with Crippen molar-refractivity contribution in [3.63, 3.8) is 0 Å². The maximum atomic E-state index is 11.7. The summed E-state index contributed by atoms with van der Waals surface area (Å²) in [5, 5.41) is 3.90. The number of methoxy groups -OCH3 is 1. The highest BCUT2D eigenvalue weighted by molar-refractivity contribution is 5.83. The second kappa shape index (κ2) is 7.83. The topological polar surface area (TPSA) is 59.9 Å². The zero-order valence-electron chi connectivity index (χ0n) is 12.6. The van der Waals surface area contributed by atoms with Crippen molar-refractivity contribution in [3.8, 4) is 11.5 Å². The van der Waals surface area contributed by atoms with E-state index in [0.717, 1.165) is 11.1 Å². The summed E-state index contributed by atoms with van der Waals surface area (Å²) in [7, 11) is 1.55. The molecule has 0 saturated heterocycles. The normalized spacial score (nSPS) is 10.5. The Kier molecular flexibility index (Phi) is 5.54. The van der Waals surface area contributed by atoms with Crippen LogP contribution in [0.3, 0.4) is 0 Å². The van der Waals surface area contributed by atoms with Crippen molar-refractivity contribution in [2.24, 2.45) is 5.10 Å². The molecule has 0 aliphatic heterocycles. The number of benzene rings is 2. The van der Waals surface area contributed by atoms with Crippen LogP contribution in [0.1, 0.15) is 11.1 Å². The van der Waals surface area contributed by atoms with Crippen LogP contribution in [0.2, 0.25) is 0 Å². The molecule has 2 aromatic carbocycles. The smallest absolute Gasteiger partial charge is 0.277 e. The average molecular weight is 298 g/mol. The van der Waals surface area contributed by atoms with Crippen LogP contribution >= 0.6 is 0 Å². The summed E-state index contributed by atoms with van der Waals surface area (Å²) in [6.07, 6.45) is 1.59. The van der Waals surface area contributed by atoms with E-state index in [0.29, 0.717) is 11.5 Å². The maximum absolute atomic E-state index is 11.7. The van der Waals surface area contributed by atoms with E-state index in [1.54, 1.807) is 25.5 Å². The molecule has 2 rings (SSSR count). The highest BCUT2D eigenvalue weighted by Crippen LogP contribution is 2.25. The molecule has 1 N–H and O–H groups in total. The van der Waals surface area contributed by atoms with E-state index in [4.69, 9.17) is 9.47 Å². The lowest BCUT2D eigenvalue weighted by atomic mass is 10.2. The largest absolute Gasteiger partial charge is 0.493 e. The van der Waals surface area contributed by atoms with Gasteiger partial charge in [0.25, 0.3) is 5.91 Å². The number of nitrogens with one attached hydrogen (secondary N) is 1. The van der Waals surface area contributed by atoms with Gasteiger partial charge in [-0.15, -0.1) is 0 Å². The van der Waals surface area contributed by atoms with E-state index < -0.39 is 0 Å². The van der Waals surface area contributed by atoms with Gasteiger partial charge in [-0.05, 0) is 24.6 Å². The fraction of sp³-hybridized carbons (Fsp3) is 0.176. The number of hydrogen-bond donors (Lipinski definition) is 1. The van der Waals surface area contributed by atoms with Gasteiger partial charge in [0.1, 0.15) is 0 Å². The van der Waals surface area contributed by atoms with E-state index in [9.17, 15) is 4.79 Å².